The molecule has 1 saturated heterocycles. The number of ether oxygens (including phenoxy) is 2. The molecule has 13 rings (SSSR count). The van der Waals surface area contributed by atoms with Gasteiger partial charge in [-0.1, -0.05) is 133 Å². The van der Waals surface area contributed by atoms with Crippen molar-refractivity contribution in [2.75, 3.05) is 63.7 Å². The van der Waals surface area contributed by atoms with E-state index in [1.807, 2.05) is 58.5 Å². The summed E-state index contributed by atoms with van der Waals surface area (Å²) >= 11 is 5.95. The van der Waals surface area contributed by atoms with Crippen molar-refractivity contribution in [3.63, 3.8) is 0 Å². The van der Waals surface area contributed by atoms with Crippen LogP contribution in [0.2, 0.25) is 0 Å². The van der Waals surface area contributed by atoms with Crippen LogP contribution in [-0.4, -0.2) is 152 Å². The summed E-state index contributed by atoms with van der Waals surface area (Å²) in [5, 5.41) is 36.8. The number of carbonyl (C=O) groups is 4. The van der Waals surface area contributed by atoms with Crippen molar-refractivity contribution in [1.82, 2.24) is 50.4 Å². The Morgan fingerprint density at radius 1 is 0.796 bits per heavy atom. The molecular weight excluding hydrogens is 1330 g/mol. The Morgan fingerprint density at radius 2 is 1.52 bits per heavy atom. The first-order valence-electron chi connectivity index (χ1n) is 38.6. The number of unbranched alkanes of at least 4 members (excludes halogenated alkanes) is 11. The Kier molecular flexibility index (Phi) is 24.9. The van der Waals surface area contributed by atoms with Gasteiger partial charge in [0.2, 0.25) is 17.6 Å². The molecule has 2 aliphatic heterocycles. The molecule has 5 aliphatic carbocycles. The molecule has 2 unspecified atom stereocenters. The van der Waals surface area contributed by atoms with E-state index in [0.717, 1.165) is 167 Å². The number of carboxylic acids is 1. The second-order valence-corrected chi connectivity index (χ2v) is 33.2. The van der Waals surface area contributed by atoms with E-state index in [2.05, 4.69) is 89.1 Å². The molecule has 5 saturated carbocycles. The molecule has 554 valence electrons. The van der Waals surface area contributed by atoms with E-state index in [4.69, 9.17) is 29.6 Å². The topological polar surface area (TPSA) is 235 Å². The summed E-state index contributed by atoms with van der Waals surface area (Å²) in [5.74, 6) is 1.06. The standard InChI is InChI=1S/C81H111N13O7S2/c1-55-62-33-27-40-93(73(62)90-89-72(55)88-77-85-65-34-21-22-35-67(65)103-77)68-37-36-63(70(86-68)76(98)99)64-46-84-94(57(64)3)54-80-49-78(4)48-79(5,50-80)52-81(51-78,53-80)101-43-41-91(7)38-23-16-14-12-10-8-9-11-13-15-17-24-42-100-61-32-25-30-59(44-61)71(95)66(47-102)83-45-60-31-26-39-92(60)75(97)69(58-28-19-18-20-29-58)87-74(96)56(2)82-6/h21-22,25,30,32,34-37,44-47,56,58,60,69,82,102H,8-20,23-24,26-29,31,33,38-43,48-54H2,1-7H3,(H,87,96)(H,98,99)(H,85,88,89)/b66-47-,83-45?/t56-,60-,69-,78?,79?,80?,81?/m0/s1. The molecule has 7 aliphatic rings. The van der Waals surface area contributed by atoms with Crippen molar-refractivity contribution in [3.8, 4) is 16.9 Å². The van der Waals surface area contributed by atoms with Gasteiger partial charge in [0.15, 0.2) is 22.5 Å². The number of nitrogens with zero attached hydrogens (tertiary/aromatic N) is 10. The number of anilines is 4. The largest absolute Gasteiger partial charge is 0.494 e. The van der Waals surface area contributed by atoms with Gasteiger partial charge in [-0.3, -0.25) is 24.1 Å². The van der Waals surface area contributed by atoms with E-state index >= 15 is 0 Å². The Bertz CT molecular complexity index is 3960. The monoisotopic (exact) mass is 1440 g/mol. The van der Waals surface area contributed by atoms with E-state index in [0.29, 0.717) is 54.0 Å². The molecular formula is C81H111N13O7S2. The number of aromatic carboxylic acids is 1. The summed E-state index contributed by atoms with van der Waals surface area (Å²) in [7, 11) is 3.99. The minimum atomic E-state index is -1.08. The molecule has 0 radical (unpaired) electrons. The van der Waals surface area contributed by atoms with Gasteiger partial charge in [-0.2, -0.15) is 5.10 Å². The average Bonchev–Trinajstić information content (AvgIpc) is 0.917. The van der Waals surface area contributed by atoms with Crippen LogP contribution in [0.15, 0.2) is 83.0 Å². The number of thiazole rings is 1. The van der Waals surface area contributed by atoms with Crippen molar-refractivity contribution >= 4 is 86.5 Å². The molecule has 6 heterocycles. The number of likely N-dealkylation sites (N-methyl/N-ethyl adjacent to an activating group) is 2. The number of rotatable bonds is 36. The zero-order valence-corrected chi connectivity index (χ0v) is 63.8. The number of aliphatic imine (C=N–C) groups is 1. The van der Waals surface area contributed by atoms with Crippen LogP contribution in [0.1, 0.15) is 225 Å². The maximum absolute atomic E-state index is 14.2. The first-order chi connectivity index (χ1) is 49.8. The van der Waals surface area contributed by atoms with Gasteiger partial charge in [-0.15, -0.1) is 22.8 Å². The molecule has 0 spiro atoms. The number of para-hydroxylation sites is 1. The average molecular weight is 1440 g/mol. The number of pyridine rings is 1. The van der Waals surface area contributed by atoms with Crippen molar-refractivity contribution in [1.29, 1.82) is 0 Å². The molecule has 5 atom stereocenters. The zero-order valence-electron chi connectivity index (χ0n) is 62.1. The van der Waals surface area contributed by atoms with Crippen LogP contribution >= 0.6 is 24.0 Å². The van der Waals surface area contributed by atoms with Crippen LogP contribution in [0.25, 0.3) is 21.3 Å². The van der Waals surface area contributed by atoms with Crippen molar-refractivity contribution in [2.45, 2.75) is 238 Å². The molecule has 6 aromatic rings. The van der Waals surface area contributed by atoms with Gasteiger partial charge in [0, 0.05) is 65.9 Å². The number of fused-ring (bicyclic) bond motifs is 2. The molecule has 6 fully saturated rings. The minimum Gasteiger partial charge on any atom is -0.494 e. The highest BCUT2D eigenvalue weighted by molar-refractivity contribution is 7.83. The molecule has 22 heteroatoms. The van der Waals surface area contributed by atoms with Crippen LogP contribution in [0.5, 0.6) is 5.75 Å². The number of allylic oxidation sites excluding steroid dienone is 1. The number of ketones is 1. The van der Waals surface area contributed by atoms with Gasteiger partial charge >= 0.3 is 5.97 Å². The molecule has 4 bridgehead atoms. The number of thiol groups is 1. The molecule has 2 amide bonds. The summed E-state index contributed by atoms with van der Waals surface area (Å²) in [6, 6.07) is 17.9. The molecule has 4 N–H and O–H groups in total. The fraction of sp³-hybridized carbons (Fsp3) is 0.605. The van der Waals surface area contributed by atoms with Gasteiger partial charge in [-0.05, 0) is 195 Å². The normalized spacial score (nSPS) is 23.2. The molecule has 2 aromatic carbocycles. The third kappa shape index (κ3) is 18.2. The van der Waals surface area contributed by atoms with Crippen LogP contribution in [0, 0.1) is 36.0 Å². The highest BCUT2D eigenvalue weighted by Gasteiger charge is 2.66. The van der Waals surface area contributed by atoms with Gasteiger partial charge in [0.1, 0.15) is 23.3 Å². The van der Waals surface area contributed by atoms with Crippen molar-refractivity contribution in [3.05, 3.63) is 106 Å². The van der Waals surface area contributed by atoms with Crippen LogP contribution in [0.4, 0.5) is 22.6 Å². The SMILES string of the molecule is CN[C@@H](C)C(=O)N[C@H](C(=O)N1CCC[C@H]1C=N/C(=C\S)C(=O)c1cccc(OCCCCCCCCCCCCCCN(C)CCOC23CC4(C)CC(C)(CC(Cn5ncc(-c6ccc(N7CCCc8c7nnc(Nc7nc9ccccc9s7)c8C)nc6C(=O)O)c5C)(C4)C2)C3)c1)C1CCCCC1. The number of nitrogens with one attached hydrogen (secondary N) is 3. The number of carboxylic acid groups (broad SMARTS) is 1. The van der Waals surface area contributed by atoms with E-state index < -0.39 is 18.1 Å². The lowest BCUT2D eigenvalue weighted by molar-refractivity contribution is -0.248. The first kappa shape index (κ1) is 75.6. The van der Waals surface area contributed by atoms with Gasteiger partial charge in [-0.25, -0.2) is 14.8 Å². The smallest absolute Gasteiger partial charge is 0.355 e. The summed E-state index contributed by atoms with van der Waals surface area (Å²) in [4.78, 5) is 74.6. The maximum Gasteiger partial charge on any atom is 0.355 e. The number of aromatic nitrogens is 6. The third-order valence-corrected chi connectivity index (χ3v) is 24.5. The van der Waals surface area contributed by atoms with E-state index in [1.54, 1.807) is 43.7 Å². The number of likely N-dealkylation sites (tertiary alicyclic amines) is 1. The van der Waals surface area contributed by atoms with Crippen molar-refractivity contribution in [2.24, 2.45) is 27.2 Å². The predicted molar refractivity (Wildman–Crippen MR) is 414 cm³/mol. The van der Waals surface area contributed by atoms with E-state index in [9.17, 15) is 24.3 Å². The van der Waals surface area contributed by atoms with E-state index in [-0.39, 0.29) is 62.8 Å². The Balaban J connectivity index is 0.526. The molecule has 20 nitrogen and oxygen atoms in total. The number of Topliss-reactive ketones (excluding diaryl/α,β-unsaturated/α-hetero) is 1. The fourth-order valence-electron chi connectivity index (χ4n) is 19.1. The first-order valence-corrected chi connectivity index (χ1v) is 39.9. The highest BCUT2D eigenvalue weighted by Crippen LogP contribution is 2.72. The number of hydrogen-bond donors (Lipinski definition) is 5. The van der Waals surface area contributed by atoms with Crippen LogP contribution in [0.3, 0.4) is 0 Å². The van der Waals surface area contributed by atoms with Gasteiger partial charge < -0.3 is 45.2 Å². The Morgan fingerprint density at radius 3 is 2.24 bits per heavy atom. The van der Waals surface area contributed by atoms with Crippen LogP contribution < -0.4 is 25.6 Å². The Hall–Kier alpha value is -7.11. The lowest BCUT2D eigenvalue weighted by Crippen LogP contribution is -2.64. The number of benzene rings is 2. The van der Waals surface area contributed by atoms with E-state index in [1.165, 1.54) is 76.0 Å². The third-order valence-electron chi connectivity index (χ3n) is 23.3. The molecule has 103 heavy (non-hydrogen) atoms. The molecule has 4 aromatic heterocycles. The summed E-state index contributed by atoms with van der Waals surface area (Å²) in [6.45, 7) is 16.3. The number of carbonyl (C=O) groups excluding carboxylic acids is 3. The summed E-state index contributed by atoms with van der Waals surface area (Å²) in [6.07, 6.45) is 33.3. The van der Waals surface area contributed by atoms with Gasteiger partial charge in [0.05, 0.1) is 47.3 Å². The highest BCUT2D eigenvalue weighted by atomic mass is 32.1. The van der Waals surface area contributed by atoms with Crippen molar-refractivity contribution < 1.29 is 33.8 Å². The second-order valence-electron chi connectivity index (χ2n) is 31.9. The minimum absolute atomic E-state index is 0.00157. The maximum atomic E-state index is 14.2. The Labute approximate surface area is 619 Å². The summed E-state index contributed by atoms with van der Waals surface area (Å²) < 4.78 is 16.6. The zero-order chi connectivity index (χ0) is 72.3. The van der Waals surface area contributed by atoms with Gasteiger partial charge in [0.25, 0.3) is 0 Å². The number of amides is 2. The predicted octanol–water partition coefficient (Wildman–Crippen LogP) is 16.0. The lowest BCUT2D eigenvalue weighted by Gasteiger charge is -2.69. The quantitative estimate of drug-likeness (QED) is 0.00809. The number of hydrogen-bond acceptors (Lipinski definition) is 18. The second kappa shape index (κ2) is 34.0. The fourth-order valence-corrected chi connectivity index (χ4v) is 20.1. The van der Waals surface area contributed by atoms with Crippen LogP contribution in [-0.2, 0) is 27.3 Å². The summed E-state index contributed by atoms with van der Waals surface area (Å²) in [5.41, 5.74) is 6.20. The lowest BCUT2D eigenvalue weighted by atomic mass is 9.39.